The molecule has 4 rings (SSSR count). The summed E-state index contributed by atoms with van der Waals surface area (Å²) in [6.45, 7) is 3.26. The first-order chi connectivity index (χ1) is 12.7. The third kappa shape index (κ3) is 3.22. The van der Waals surface area contributed by atoms with E-state index >= 15 is 0 Å². The Labute approximate surface area is 152 Å². The first-order valence-electron chi connectivity index (χ1n) is 8.88. The lowest BCUT2D eigenvalue weighted by Crippen LogP contribution is -2.40. The lowest BCUT2D eigenvalue weighted by atomic mass is 10.1. The molecule has 26 heavy (non-hydrogen) atoms. The molecule has 6 heteroatoms. The van der Waals surface area contributed by atoms with Gasteiger partial charge in [0.2, 0.25) is 0 Å². The van der Waals surface area contributed by atoms with Crippen LogP contribution in [0.25, 0.3) is 0 Å². The number of rotatable bonds is 4. The van der Waals surface area contributed by atoms with Crippen molar-refractivity contribution in [3.63, 3.8) is 0 Å². The Balaban J connectivity index is 1.50. The number of aromatic nitrogens is 4. The van der Waals surface area contributed by atoms with Gasteiger partial charge in [-0.2, -0.15) is 0 Å². The highest BCUT2D eigenvalue weighted by molar-refractivity contribution is 5.94. The fraction of sp³-hybridized carbons (Fsp3) is 0.300. The third-order valence-electron chi connectivity index (χ3n) is 4.79. The molecular weight excluding hydrogens is 326 g/mol. The number of fused-ring (bicyclic) bond motifs is 1. The second-order valence-electron chi connectivity index (χ2n) is 6.66. The quantitative estimate of drug-likeness (QED) is 0.728. The van der Waals surface area contributed by atoms with Crippen LogP contribution in [-0.2, 0) is 19.4 Å². The fourth-order valence-electron chi connectivity index (χ4n) is 3.52. The molecule has 2 aromatic heterocycles. The van der Waals surface area contributed by atoms with Gasteiger partial charge in [-0.25, -0.2) is 0 Å². The Morgan fingerprint density at radius 2 is 1.85 bits per heavy atom. The van der Waals surface area contributed by atoms with Gasteiger partial charge in [-0.1, -0.05) is 30.3 Å². The number of amides is 1. The van der Waals surface area contributed by atoms with Crippen molar-refractivity contribution >= 4 is 5.91 Å². The van der Waals surface area contributed by atoms with Gasteiger partial charge in [0.25, 0.3) is 5.91 Å². The molecule has 6 nitrogen and oxygen atoms in total. The van der Waals surface area contributed by atoms with Gasteiger partial charge in [0.1, 0.15) is 5.82 Å². The molecule has 0 bridgehead atoms. The summed E-state index contributed by atoms with van der Waals surface area (Å²) in [5, 5.41) is 8.75. The molecule has 1 atom stereocenters. The third-order valence-corrected chi connectivity index (χ3v) is 4.79. The summed E-state index contributed by atoms with van der Waals surface area (Å²) < 4.78 is 2.19. The van der Waals surface area contributed by atoms with Crippen LogP contribution in [0.1, 0.15) is 40.5 Å². The Kier molecular flexibility index (Phi) is 4.48. The van der Waals surface area contributed by atoms with Crippen molar-refractivity contribution in [2.24, 2.45) is 0 Å². The normalized spacial score (nSPS) is 16.3. The zero-order valence-electron chi connectivity index (χ0n) is 14.7. The van der Waals surface area contributed by atoms with Gasteiger partial charge in [0.15, 0.2) is 5.82 Å². The Morgan fingerprint density at radius 3 is 2.62 bits per heavy atom. The van der Waals surface area contributed by atoms with Crippen molar-refractivity contribution in [3.8, 4) is 0 Å². The van der Waals surface area contributed by atoms with Crippen LogP contribution in [0.3, 0.4) is 0 Å². The van der Waals surface area contributed by atoms with E-state index in [0.29, 0.717) is 18.7 Å². The molecule has 0 saturated heterocycles. The molecule has 0 fully saturated rings. The molecule has 0 unspecified atom stereocenters. The van der Waals surface area contributed by atoms with Crippen LogP contribution >= 0.6 is 0 Å². The summed E-state index contributed by atoms with van der Waals surface area (Å²) in [7, 11) is 0. The number of hydrogen-bond acceptors (Lipinski definition) is 4. The van der Waals surface area contributed by atoms with Crippen molar-refractivity contribution in [1.29, 1.82) is 0 Å². The van der Waals surface area contributed by atoms with E-state index in [9.17, 15) is 4.79 Å². The predicted octanol–water partition coefficient (Wildman–Crippen LogP) is 2.68. The minimum atomic E-state index is 0.0133. The fourth-order valence-corrected chi connectivity index (χ4v) is 3.52. The first-order valence-corrected chi connectivity index (χ1v) is 8.88. The molecule has 0 radical (unpaired) electrons. The van der Waals surface area contributed by atoms with Crippen LogP contribution in [0, 0.1) is 0 Å². The molecule has 0 N–H and O–H groups in total. The van der Waals surface area contributed by atoms with E-state index in [1.54, 1.807) is 24.5 Å². The van der Waals surface area contributed by atoms with Gasteiger partial charge in [0, 0.05) is 30.9 Å². The molecule has 0 saturated carbocycles. The van der Waals surface area contributed by atoms with Crippen molar-refractivity contribution in [1.82, 2.24) is 24.6 Å². The minimum absolute atomic E-state index is 0.0133. The number of carbonyl (C=O) groups excluding carboxylic acids is 1. The summed E-state index contributed by atoms with van der Waals surface area (Å²) >= 11 is 0. The summed E-state index contributed by atoms with van der Waals surface area (Å²) in [6, 6.07) is 14.1. The Morgan fingerprint density at radius 1 is 1.08 bits per heavy atom. The molecule has 0 aliphatic carbocycles. The van der Waals surface area contributed by atoms with Gasteiger partial charge < -0.3 is 9.47 Å². The molecule has 1 aliphatic heterocycles. The molecule has 0 spiro atoms. The lowest BCUT2D eigenvalue weighted by molar-refractivity contribution is 0.0679. The summed E-state index contributed by atoms with van der Waals surface area (Å²) in [5.41, 5.74) is 1.95. The molecule has 1 amide bonds. The van der Waals surface area contributed by atoms with Gasteiger partial charge in [-0.05, 0) is 31.0 Å². The maximum atomic E-state index is 12.7. The summed E-state index contributed by atoms with van der Waals surface area (Å²) in [6.07, 6.45) is 5.07. The average molecular weight is 347 g/mol. The van der Waals surface area contributed by atoms with Crippen LogP contribution in [-0.4, -0.2) is 37.1 Å². The van der Waals surface area contributed by atoms with Crippen LogP contribution < -0.4 is 0 Å². The first kappa shape index (κ1) is 16.4. The van der Waals surface area contributed by atoms with E-state index in [2.05, 4.69) is 50.9 Å². The van der Waals surface area contributed by atoms with E-state index in [1.165, 1.54) is 5.56 Å². The molecular formula is C20H21N5O. The van der Waals surface area contributed by atoms with E-state index < -0.39 is 0 Å². The standard InChI is InChI=1S/C20H21N5O/c1-15-13-24(20(26)17-9-11-21-12-10-17)14-19-23-22-18(25(15)19)8-7-16-5-3-2-4-6-16/h2-6,9-12,15H,7-8,13-14H2,1H3/t15-/m0/s1. The number of aryl methyl sites for hydroxylation is 2. The summed E-state index contributed by atoms with van der Waals surface area (Å²) in [5.74, 6) is 1.86. The lowest BCUT2D eigenvalue weighted by Gasteiger charge is -2.32. The molecule has 3 aromatic rings. The average Bonchev–Trinajstić information content (AvgIpc) is 3.11. The van der Waals surface area contributed by atoms with E-state index in [4.69, 9.17) is 0 Å². The number of nitrogens with zero attached hydrogens (tertiary/aromatic N) is 5. The van der Waals surface area contributed by atoms with Gasteiger partial charge >= 0.3 is 0 Å². The van der Waals surface area contributed by atoms with E-state index in [-0.39, 0.29) is 11.9 Å². The monoisotopic (exact) mass is 347 g/mol. The Hall–Kier alpha value is -3.02. The van der Waals surface area contributed by atoms with Gasteiger partial charge in [0.05, 0.1) is 12.6 Å². The largest absolute Gasteiger partial charge is 0.329 e. The second kappa shape index (κ2) is 7.07. The van der Waals surface area contributed by atoms with E-state index in [0.717, 1.165) is 24.5 Å². The minimum Gasteiger partial charge on any atom is -0.329 e. The summed E-state index contributed by atoms with van der Waals surface area (Å²) in [4.78, 5) is 18.5. The highest BCUT2D eigenvalue weighted by Gasteiger charge is 2.29. The number of benzene rings is 1. The van der Waals surface area contributed by atoms with Crippen molar-refractivity contribution < 1.29 is 4.79 Å². The molecule has 3 heterocycles. The molecule has 1 aliphatic rings. The highest BCUT2D eigenvalue weighted by atomic mass is 16.2. The number of carbonyl (C=O) groups is 1. The maximum absolute atomic E-state index is 12.7. The molecule has 1 aromatic carbocycles. The van der Waals surface area contributed by atoms with E-state index in [1.807, 2.05) is 11.0 Å². The van der Waals surface area contributed by atoms with Gasteiger partial charge in [-0.15, -0.1) is 10.2 Å². The zero-order valence-corrected chi connectivity index (χ0v) is 14.7. The number of hydrogen-bond donors (Lipinski definition) is 0. The predicted molar refractivity (Wildman–Crippen MR) is 97.6 cm³/mol. The van der Waals surface area contributed by atoms with Crippen molar-refractivity contribution in [3.05, 3.63) is 77.6 Å². The topological polar surface area (TPSA) is 63.9 Å². The second-order valence-corrected chi connectivity index (χ2v) is 6.66. The Bertz CT molecular complexity index is 891. The molecule has 132 valence electrons. The van der Waals surface area contributed by atoms with Crippen molar-refractivity contribution in [2.45, 2.75) is 32.4 Å². The SMILES string of the molecule is C[C@H]1CN(C(=O)c2ccncc2)Cc2nnc(CCc3ccccc3)n21. The van der Waals surface area contributed by atoms with Crippen LogP contribution in [0.15, 0.2) is 54.9 Å². The van der Waals surface area contributed by atoms with Crippen molar-refractivity contribution in [2.75, 3.05) is 6.54 Å². The maximum Gasteiger partial charge on any atom is 0.254 e. The van der Waals surface area contributed by atoms with Gasteiger partial charge in [-0.3, -0.25) is 9.78 Å². The smallest absolute Gasteiger partial charge is 0.254 e. The van der Waals surface area contributed by atoms with Crippen LogP contribution in [0.4, 0.5) is 0 Å². The van der Waals surface area contributed by atoms with Crippen LogP contribution in [0.2, 0.25) is 0 Å². The van der Waals surface area contributed by atoms with Crippen LogP contribution in [0.5, 0.6) is 0 Å². The highest BCUT2D eigenvalue weighted by Crippen LogP contribution is 2.23. The number of pyridine rings is 1. The zero-order chi connectivity index (χ0) is 17.9.